The molecular formula is C78H142NO8+. The first-order chi connectivity index (χ1) is 42.6. The maximum absolute atomic E-state index is 13.0. The van der Waals surface area contributed by atoms with Crippen LogP contribution in [0.3, 0.4) is 0 Å². The van der Waals surface area contributed by atoms with Gasteiger partial charge in [-0.3, -0.25) is 9.59 Å². The number of quaternary nitrogens is 1. The van der Waals surface area contributed by atoms with Gasteiger partial charge in [0.05, 0.1) is 34.4 Å². The van der Waals surface area contributed by atoms with Crippen LogP contribution in [0.1, 0.15) is 348 Å². The van der Waals surface area contributed by atoms with Crippen LogP contribution in [0.15, 0.2) is 72.9 Å². The van der Waals surface area contributed by atoms with Gasteiger partial charge in [0.2, 0.25) is 0 Å². The van der Waals surface area contributed by atoms with E-state index in [0.29, 0.717) is 17.4 Å². The molecule has 0 heterocycles. The topological polar surface area (TPSA) is 108 Å². The van der Waals surface area contributed by atoms with Gasteiger partial charge in [-0.15, -0.1) is 0 Å². The van der Waals surface area contributed by atoms with Gasteiger partial charge in [-0.1, -0.05) is 324 Å². The minimum Gasteiger partial charge on any atom is -0.477 e. The molecule has 0 fully saturated rings. The summed E-state index contributed by atoms with van der Waals surface area (Å²) in [6.07, 6.45) is 88.9. The van der Waals surface area contributed by atoms with E-state index in [9.17, 15) is 19.5 Å². The number of carbonyl (C=O) groups is 3. The number of rotatable bonds is 69. The van der Waals surface area contributed by atoms with Crippen LogP contribution in [-0.2, 0) is 33.3 Å². The summed E-state index contributed by atoms with van der Waals surface area (Å²) < 4.78 is 23.0. The number of hydrogen-bond acceptors (Lipinski definition) is 7. The Bertz CT molecular complexity index is 1660. The predicted octanol–water partition coefficient (Wildman–Crippen LogP) is 23.3. The number of allylic oxidation sites excluding steroid dienone is 12. The summed E-state index contributed by atoms with van der Waals surface area (Å²) >= 11 is 0. The Labute approximate surface area is 538 Å². The van der Waals surface area contributed by atoms with Gasteiger partial charge in [-0.2, -0.15) is 0 Å². The standard InChI is InChI=1S/C78H141NO8/c1-6-8-10-12-14-16-18-20-22-24-26-28-30-32-34-36-38-40-42-44-46-48-50-52-54-56-58-60-62-64-66-68-75(80)85-72-74(73-86-78(77(82)83)84-71-70-79(3,4)5)87-76(81)69-67-65-63-61-59-57-55-53-51-49-47-45-43-41-39-37-35-33-31-29-27-25-23-21-19-17-15-13-11-9-7-2/h9,11,15,17,21,23-24,26-27,29,33,35,74,78H,6-8,10,12-14,16,18-20,22,25,28,30-32,34,36-73H2,1-5H3/p+1/b11-9-,17-15-,23-21-,26-24-,29-27-,35-33-. The highest BCUT2D eigenvalue weighted by Crippen LogP contribution is 2.19. The molecule has 0 aliphatic heterocycles. The number of likely N-dealkylation sites (N-methyl/N-ethyl adjacent to an activating group) is 1. The monoisotopic (exact) mass is 1220 g/mol. The molecular weight excluding hydrogens is 1080 g/mol. The Balaban J connectivity index is 4.05. The van der Waals surface area contributed by atoms with Gasteiger partial charge in [-0.05, 0) is 83.5 Å². The Morgan fingerprint density at radius 1 is 0.356 bits per heavy atom. The highest BCUT2D eigenvalue weighted by atomic mass is 16.7. The lowest BCUT2D eigenvalue weighted by Crippen LogP contribution is -2.40. The Kier molecular flexibility index (Phi) is 66.1. The van der Waals surface area contributed by atoms with Crippen molar-refractivity contribution < 1.29 is 42.9 Å². The SMILES string of the molecule is CC/C=C\C/C=C\C/C=C\C/C=C\C/C=C\CCCCCCCCCCCCCCCCCC(=O)OC(COC(=O)CCCCCCCCCCCCCCCCCCCCC/C=C\CCCCCCCCCC)COC(OCC[N+](C)(C)C)C(=O)O. The van der Waals surface area contributed by atoms with Crippen LogP contribution in [0.2, 0.25) is 0 Å². The van der Waals surface area contributed by atoms with E-state index in [2.05, 4.69) is 86.8 Å². The molecule has 0 amide bonds. The second-order valence-electron chi connectivity index (χ2n) is 26.2. The number of ether oxygens (including phenoxy) is 4. The molecule has 0 saturated heterocycles. The lowest BCUT2D eigenvalue weighted by atomic mass is 10.0. The zero-order valence-electron chi connectivity index (χ0n) is 57.9. The molecule has 506 valence electrons. The number of esters is 2. The first-order valence-corrected chi connectivity index (χ1v) is 37.1. The molecule has 0 aromatic rings. The number of carboxylic acid groups (broad SMARTS) is 1. The van der Waals surface area contributed by atoms with Gasteiger partial charge < -0.3 is 28.5 Å². The predicted molar refractivity (Wildman–Crippen MR) is 373 cm³/mol. The zero-order valence-corrected chi connectivity index (χ0v) is 57.9. The fourth-order valence-corrected chi connectivity index (χ4v) is 10.8. The highest BCUT2D eigenvalue weighted by molar-refractivity contribution is 5.71. The van der Waals surface area contributed by atoms with E-state index in [1.165, 1.54) is 250 Å². The molecule has 0 radical (unpaired) electrons. The molecule has 0 aliphatic carbocycles. The van der Waals surface area contributed by atoms with Crippen LogP contribution in [0, 0.1) is 0 Å². The molecule has 0 saturated carbocycles. The van der Waals surface area contributed by atoms with E-state index in [1.54, 1.807) is 0 Å². The largest absolute Gasteiger partial charge is 0.477 e. The average molecular weight is 1220 g/mol. The van der Waals surface area contributed by atoms with Gasteiger partial charge in [0.15, 0.2) is 6.10 Å². The smallest absolute Gasteiger partial charge is 0.361 e. The maximum atomic E-state index is 13.0. The second-order valence-corrected chi connectivity index (χ2v) is 26.2. The highest BCUT2D eigenvalue weighted by Gasteiger charge is 2.25. The number of carbonyl (C=O) groups excluding carboxylic acids is 2. The van der Waals surface area contributed by atoms with Gasteiger partial charge in [0.25, 0.3) is 6.29 Å². The number of nitrogens with zero attached hydrogens (tertiary/aromatic N) is 1. The molecule has 0 spiro atoms. The van der Waals surface area contributed by atoms with Gasteiger partial charge in [0, 0.05) is 12.8 Å². The molecule has 2 unspecified atom stereocenters. The van der Waals surface area contributed by atoms with E-state index >= 15 is 0 Å². The van der Waals surface area contributed by atoms with Gasteiger partial charge >= 0.3 is 17.9 Å². The maximum Gasteiger partial charge on any atom is 0.361 e. The van der Waals surface area contributed by atoms with Crippen LogP contribution in [0.4, 0.5) is 0 Å². The number of unbranched alkanes of at least 4 members (excludes halogenated alkanes) is 42. The Hall–Kier alpha value is -3.27. The minimum atomic E-state index is -1.51. The third-order valence-corrected chi connectivity index (χ3v) is 16.4. The summed E-state index contributed by atoms with van der Waals surface area (Å²) in [6, 6.07) is 0. The minimum absolute atomic E-state index is 0.180. The van der Waals surface area contributed by atoms with E-state index in [4.69, 9.17) is 18.9 Å². The van der Waals surface area contributed by atoms with Crippen molar-refractivity contribution >= 4 is 17.9 Å². The third kappa shape index (κ3) is 70.1. The van der Waals surface area contributed by atoms with Crippen molar-refractivity contribution in [3.8, 4) is 0 Å². The molecule has 9 nitrogen and oxygen atoms in total. The summed E-state index contributed by atoms with van der Waals surface area (Å²) in [7, 11) is 5.99. The van der Waals surface area contributed by atoms with Crippen LogP contribution >= 0.6 is 0 Å². The Morgan fingerprint density at radius 2 is 0.655 bits per heavy atom. The van der Waals surface area contributed by atoms with Crippen molar-refractivity contribution in [2.45, 2.75) is 360 Å². The molecule has 1 N–H and O–H groups in total. The van der Waals surface area contributed by atoms with Crippen molar-refractivity contribution in [3.05, 3.63) is 72.9 Å². The lowest BCUT2D eigenvalue weighted by molar-refractivity contribution is -0.870. The van der Waals surface area contributed by atoms with E-state index in [1.807, 2.05) is 21.1 Å². The lowest BCUT2D eigenvalue weighted by Gasteiger charge is -2.25. The van der Waals surface area contributed by atoms with Crippen LogP contribution in [-0.4, -0.2) is 87.4 Å². The molecule has 0 bridgehead atoms. The number of hydrogen-bond donors (Lipinski definition) is 1. The Morgan fingerprint density at radius 3 is 0.989 bits per heavy atom. The molecule has 9 heteroatoms. The third-order valence-electron chi connectivity index (χ3n) is 16.4. The summed E-state index contributed by atoms with van der Waals surface area (Å²) in [5, 5.41) is 9.76. The summed E-state index contributed by atoms with van der Waals surface area (Å²) in [5.74, 6) is -1.98. The molecule has 0 aromatic heterocycles. The quantitative estimate of drug-likeness (QED) is 0.0211. The number of carboxylic acids is 1. The van der Waals surface area contributed by atoms with E-state index in [-0.39, 0.29) is 32.2 Å². The van der Waals surface area contributed by atoms with E-state index in [0.717, 1.165) is 70.6 Å². The van der Waals surface area contributed by atoms with Crippen LogP contribution < -0.4 is 0 Å². The van der Waals surface area contributed by atoms with Gasteiger partial charge in [0.1, 0.15) is 13.2 Å². The summed E-state index contributed by atoms with van der Waals surface area (Å²) in [6.45, 7) is 4.82. The molecule has 87 heavy (non-hydrogen) atoms. The fraction of sp³-hybridized carbons (Fsp3) is 0.808. The van der Waals surface area contributed by atoms with Crippen molar-refractivity contribution in [2.75, 3.05) is 47.5 Å². The van der Waals surface area contributed by atoms with Crippen molar-refractivity contribution in [3.63, 3.8) is 0 Å². The molecule has 0 rings (SSSR count). The average Bonchev–Trinajstić information content (AvgIpc) is 3.56. The fourth-order valence-electron chi connectivity index (χ4n) is 10.8. The molecule has 0 aliphatic rings. The van der Waals surface area contributed by atoms with Crippen molar-refractivity contribution in [1.29, 1.82) is 0 Å². The molecule has 2 atom stereocenters. The normalized spacial score (nSPS) is 13.1. The van der Waals surface area contributed by atoms with Gasteiger partial charge in [-0.25, -0.2) is 4.79 Å². The van der Waals surface area contributed by atoms with Crippen LogP contribution in [0.25, 0.3) is 0 Å². The zero-order chi connectivity index (χ0) is 63.3. The second kappa shape index (κ2) is 68.6. The first kappa shape index (κ1) is 83.7. The number of aliphatic carboxylic acids is 1. The van der Waals surface area contributed by atoms with Crippen molar-refractivity contribution in [1.82, 2.24) is 0 Å². The van der Waals surface area contributed by atoms with E-state index < -0.39 is 24.3 Å². The van der Waals surface area contributed by atoms with Crippen molar-refractivity contribution in [2.24, 2.45) is 0 Å². The molecule has 0 aromatic carbocycles. The first-order valence-electron chi connectivity index (χ1n) is 37.1. The summed E-state index contributed by atoms with van der Waals surface area (Å²) in [4.78, 5) is 37.7. The summed E-state index contributed by atoms with van der Waals surface area (Å²) in [5.41, 5.74) is 0. The van der Waals surface area contributed by atoms with Crippen LogP contribution in [0.5, 0.6) is 0 Å².